The van der Waals surface area contributed by atoms with Crippen molar-refractivity contribution in [3.05, 3.63) is 58.6 Å². The van der Waals surface area contributed by atoms with Gasteiger partial charge in [0.1, 0.15) is 0 Å². The lowest BCUT2D eigenvalue weighted by atomic mass is 10.00. The van der Waals surface area contributed by atoms with Crippen molar-refractivity contribution < 1.29 is 15.0 Å². The van der Waals surface area contributed by atoms with Crippen LogP contribution in [-0.4, -0.2) is 16.2 Å². The van der Waals surface area contributed by atoms with Gasteiger partial charge in [-0.05, 0) is 29.2 Å². The van der Waals surface area contributed by atoms with E-state index in [0.29, 0.717) is 0 Å². The zero-order valence-electron chi connectivity index (χ0n) is 10.8. The van der Waals surface area contributed by atoms with Crippen molar-refractivity contribution in [3.63, 3.8) is 0 Å². The van der Waals surface area contributed by atoms with Crippen LogP contribution in [0.5, 0.6) is 0 Å². The van der Waals surface area contributed by atoms with Gasteiger partial charge < -0.3 is 10.2 Å². The van der Waals surface area contributed by atoms with Crippen LogP contribution in [0.2, 0.25) is 0 Å². The third-order valence-electron chi connectivity index (χ3n) is 3.11. The minimum atomic E-state index is -0.895. The van der Waals surface area contributed by atoms with Gasteiger partial charge in [-0.15, -0.1) is 0 Å². The molecular weight excluding hydrogens is 320 g/mol. The Balaban J connectivity index is 2.14. The maximum Gasteiger partial charge on any atom is 0.303 e. The Morgan fingerprint density at radius 1 is 1.10 bits per heavy atom. The van der Waals surface area contributed by atoms with Crippen LogP contribution in [0.15, 0.2) is 53.0 Å². The molecule has 0 saturated heterocycles. The number of halogens is 1. The number of aliphatic hydroxyl groups excluding tert-OH is 1. The van der Waals surface area contributed by atoms with Gasteiger partial charge in [0.25, 0.3) is 0 Å². The number of carbonyl (C=O) groups is 1. The van der Waals surface area contributed by atoms with Gasteiger partial charge in [0, 0.05) is 10.9 Å². The van der Waals surface area contributed by atoms with Crippen molar-refractivity contribution in [3.8, 4) is 11.1 Å². The largest absolute Gasteiger partial charge is 0.481 e. The second-order valence-corrected chi connectivity index (χ2v) is 5.40. The third-order valence-corrected chi connectivity index (χ3v) is 3.80. The highest BCUT2D eigenvalue weighted by Gasteiger charge is 2.10. The molecule has 0 aliphatic rings. The van der Waals surface area contributed by atoms with Crippen molar-refractivity contribution in [2.75, 3.05) is 0 Å². The van der Waals surface area contributed by atoms with E-state index in [-0.39, 0.29) is 12.8 Å². The molecule has 0 aliphatic heterocycles. The maximum absolute atomic E-state index is 10.5. The molecule has 1 atom stereocenters. The van der Waals surface area contributed by atoms with Crippen molar-refractivity contribution in [2.24, 2.45) is 0 Å². The summed E-state index contributed by atoms with van der Waals surface area (Å²) in [5.41, 5.74) is 2.87. The van der Waals surface area contributed by atoms with E-state index >= 15 is 0 Å². The molecule has 0 saturated carbocycles. The number of rotatable bonds is 5. The van der Waals surface area contributed by atoms with Crippen molar-refractivity contribution in [2.45, 2.75) is 18.9 Å². The molecule has 0 heterocycles. The Bertz CT molecular complexity index is 593. The number of aliphatic carboxylic acids is 1. The summed E-state index contributed by atoms with van der Waals surface area (Å²) in [6.45, 7) is 0. The van der Waals surface area contributed by atoms with Crippen molar-refractivity contribution >= 4 is 21.9 Å². The van der Waals surface area contributed by atoms with Gasteiger partial charge in [0.05, 0.1) is 6.10 Å². The fourth-order valence-corrected chi connectivity index (χ4v) is 2.52. The molecule has 3 nitrogen and oxygen atoms in total. The second kappa shape index (κ2) is 6.68. The van der Waals surface area contributed by atoms with Gasteiger partial charge in [-0.2, -0.15) is 0 Å². The monoisotopic (exact) mass is 334 g/mol. The molecule has 104 valence electrons. The molecule has 0 spiro atoms. The highest BCUT2D eigenvalue weighted by Crippen LogP contribution is 2.29. The average molecular weight is 335 g/mol. The molecule has 2 aromatic carbocycles. The van der Waals surface area contributed by atoms with E-state index < -0.39 is 12.1 Å². The Kier molecular flexibility index (Phi) is 4.93. The molecule has 0 aromatic heterocycles. The lowest BCUT2D eigenvalue weighted by molar-refractivity contribution is -0.137. The normalized spacial score (nSPS) is 12.1. The summed E-state index contributed by atoms with van der Waals surface area (Å²) in [6.07, 6.45) is -0.545. The summed E-state index contributed by atoms with van der Waals surface area (Å²) in [4.78, 5) is 10.5. The van der Waals surface area contributed by atoms with Gasteiger partial charge in [-0.1, -0.05) is 58.4 Å². The molecule has 0 aliphatic carbocycles. The van der Waals surface area contributed by atoms with Crippen LogP contribution < -0.4 is 0 Å². The maximum atomic E-state index is 10.5. The Morgan fingerprint density at radius 2 is 1.75 bits per heavy atom. The second-order valence-electron chi connectivity index (χ2n) is 4.55. The van der Waals surface area contributed by atoms with Crippen molar-refractivity contribution in [1.82, 2.24) is 0 Å². The number of carboxylic acid groups (broad SMARTS) is 1. The topological polar surface area (TPSA) is 57.5 Å². The highest BCUT2D eigenvalue weighted by molar-refractivity contribution is 9.10. The number of hydrogen-bond acceptors (Lipinski definition) is 2. The van der Waals surface area contributed by atoms with E-state index in [9.17, 15) is 9.90 Å². The first-order valence-corrected chi connectivity index (χ1v) is 7.12. The molecule has 0 fully saturated rings. The lowest BCUT2D eigenvalue weighted by Gasteiger charge is -2.11. The van der Waals surface area contributed by atoms with Crippen LogP contribution in [0.1, 0.15) is 24.5 Å². The zero-order valence-corrected chi connectivity index (χ0v) is 12.4. The average Bonchev–Trinajstić information content (AvgIpc) is 2.45. The molecule has 2 N–H and O–H groups in total. The molecular formula is C16H15BrO3. The van der Waals surface area contributed by atoms with Crippen molar-refractivity contribution in [1.29, 1.82) is 0 Å². The van der Waals surface area contributed by atoms with E-state index in [4.69, 9.17) is 5.11 Å². The molecule has 20 heavy (non-hydrogen) atoms. The zero-order chi connectivity index (χ0) is 14.5. The predicted molar refractivity (Wildman–Crippen MR) is 81.4 cm³/mol. The minimum Gasteiger partial charge on any atom is -0.481 e. The molecule has 2 rings (SSSR count). The summed E-state index contributed by atoms with van der Waals surface area (Å²) in [5, 5.41) is 18.5. The quantitative estimate of drug-likeness (QED) is 0.868. The first kappa shape index (κ1) is 14.8. The minimum absolute atomic E-state index is 0.0346. The van der Waals surface area contributed by atoms with Crippen LogP contribution in [0.4, 0.5) is 0 Å². The van der Waals surface area contributed by atoms with E-state index in [1.807, 2.05) is 48.5 Å². The fourth-order valence-electron chi connectivity index (χ4n) is 2.01. The molecule has 0 amide bonds. The van der Waals surface area contributed by atoms with Gasteiger partial charge in [-0.3, -0.25) is 4.79 Å². The first-order chi connectivity index (χ1) is 9.58. The van der Waals surface area contributed by atoms with Crippen LogP contribution in [0.25, 0.3) is 11.1 Å². The smallest absolute Gasteiger partial charge is 0.303 e. The number of carboxylic acids is 1. The number of benzene rings is 2. The SMILES string of the molecule is O=C(O)CCC(O)c1ccc(-c2ccccc2Br)cc1. The fraction of sp³-hybridized carbons (Fsp3) is 0.188. The summed E-state index contributed by atoms with van der Waals surface area (Å²) in [5.74, 6) is -0.895. The third kappa shape index (κ3) is 3.68. The first-order valence-electron chi connectivity index (χ1n) is 6.32. The van der Waals surface area contributed by atoms with Gasteiger partial charge in [-0.25, -0.2) is 0 Å². The van der Waals surface area contributed by atoms with Crippen LogP contribution in [-0.2, 0) is 4.79 Å². The summed E-state index contributed by atoms with van der Waals surface area (Å²) in [6, 6.07) is 15.4. The van der Waals surface area contributed by atoms with E-state index in [2.05, 4.69) is 15.9 Å². The molecule has 2 aromatic rings. The van der Waals surface area contributed by atoms with Gasteiger partial charge in [0.15, 0.2) is 0 Å². The van der Waals surface area contributed by atoms with Gasteiger partial charge in [0.2, 0.25) is 0 Å². The van der Waals surface area contributed by atoms with Crippen LogP contribution in [0, 0.1) is 0 Å². The predicted octanol–water partition coefficient (Wildman–Crippen LogP) is 4.01. The Morgan fingerprint density at radius 3 is 2.35 bits per heavy atom. The summed E-state index contributed by atoms with van der Waals surface area (Å²) < 4.78 is 1.01. The highest BCUT2D eigenvalue weighted by atomic mass is 79.9. The van der Waals surface area contributed by atoms with E-state index in [1.54, 1.807) is 0 Å². The van der Waals surface area contributed by atoms with Crippen LogP contribution >= 0.6 is 15.9 Å². The van der Waals surface area contributed by atoms with E-state index in [1.165, 1.54) is 0 Å². The Labute approximate surface area is 126 Å². The Hall–Kier alpha value is -1.65. The summed E-state index contributed by atoms with van der Waals surface area (Å²) >= 11 is 3.51. The van der Waals surface area contributed by atoms with E-state index in [0.717, 1.165) is 21.2 Å². The molecule has 4 heteroatoms. The molecule has 1 unspecified atom stereocenters. The van der Waals surface area contributed by atoms with Gasteiger partial charge >= 0.3 is 5.97 Å². The molecule has 0 radical (unpaired) electrons. The molecule has 0 bridgehead atoms. The standard InChI is InChI=1S/C16H15BrO3/c17-14-4-2-1-3-13(14)11-5-7-12(8-6-11)15(18)9-10-16(19)20/h1-8,15,18H,9-10H2,(H,19,20). The number of aliphatic hydroxyl groups is 1. The lowest BCUT2D eigenvalue weighted by Crippen LogP contribution is -2.02. The number of hydrogen-bond donors (Lipinski definition) is 2. The van der Waals surface area contributed by atoms with Crippen LogP contribution in [0.3, 0.4) is 0 Å². The summed E-state index contributed by atoms with van der Waals surface area (Å²) in [7, 11) is 0.